The molecule has 2 aromatic carbocycles. The molecule has 0 radical (unpaired) electrons. The number of rotatable bonds is 44. The minimum atomic E-state index is -2.13. The molecule has 0 aliphatic heterocycles. The van der Waals surface area contributed by atoms with Crippen molar-refractivity contribution in [2.75, 3.05) is 27.4 Å². The second kappa shape index (κ2) is 36.1. The number of methoxy groups -OCH3 is 2. The van der Waals surface area contributed by atoms with Crippen molar-refractivity contribution in [3.8, 4) is 5.75 Å². The van der Waals surface area contributed by atoms with E-state index in [0.29, 0.717) is 39.3 Å². The lowest BCUT2D eigenvalue weighted by atomic mass is 9.80. The molecule has 0 fully saturated rings. The number of ketones is 1. The predicted molar refractivity (Wildman–Crippen MR) is 332 cm³/mol. The van der Waals surface area contributed by atoms with Gasteiger partial charge in [-0.15, -0.1) is 0 Å². The first-order chi connectivity index (χ1) is 36.3. The van der Waals surface area contributed by atoms with Crippen molar-refractivity contribution in [2.24, 2.45) is 35.5 Å². The SMILES string of the molecule is CC[Si](CC)(CC)OC(C(C)CCC(=O)CC(OC)C(C)C(O[Si](CC)(CC)CC)C(C)C(O[Si](CC)(CC)CC)C(C)COCc1ccccc1)C(C)C(O[Si](CC)(CC)CC)C(C)COCc1ccc(OC)cc1. The summed E-state index contributed by atoms with van der Waals surface area (Å²) in [6, 6.07) is 31.4. The molecule has 2 aromatic rings. The molecule has 0 amide bonds. The summed E-state index contributed by atoms with van der Waals surface area (Å²) >= 11 is 0. The predicted octanol–water partition coefficient (Wildman–Crippen LogP) is 17.6. The summed E-state index contributed by atoms with van der Waals surface area (Å²) < 4.78 is 55.4. The molecular formula is C63H118O9Si4. The Bertz CT molecular complexity index is 1770. The Morgan fingerprint density at radius 2 is 0.776 bits per heavy atom. The number of benzene rings is 2. The van der Waals surface area contributed by atoms with Crippen LogP contribution in [-0.4, -0.2) is 97.0 Å². The highest BCUT2D eigenvalue weighted by Gasteiger charge is 2.46. The fourth-order valence-corrected chi connectivity index (χ4v) is 24.3. The van der Waals surface area contributed by atoms with Gasteiger partial charge >= 0.3 is 0 Å². The second-order valence-corrected chi connectivity index (χ2v) is 42.1. The Labute approximate surface area is 472 Å². The van der Waals surface area contributed by atoms with E-state index in [1.54, 1.807) is 14.2 Å². The molecule has 0 N–H and O–H groups in total. The minimum absolute atomic E-state index is 0.0452. The fourth-order valence-electron chi connectivity index (χ4n) is 12.2. The molecule has 0 saturated heterocycles. The molecule has 0 heterocycles. The molecule has 11 unspecified atom stereocenters. The van der Waals surface area contributed by atoms with Crippen LogP contribution in [0.5, 0.6) is 5.75 Å². The third-order valence-electron chi connectivity index (χ3n) is 19.0. The third kappa shape index (κ3) is 20.8. The zero-order valence-corrected chi connectivity index (χ0v) is 56.7. The third-order valence-corrected chi connectivity index (χ3v) is 37.6. The van der Waals surface area contributed by atoms with Crippen LogP contribution in [0.3, 0.4) is 0 Å². The van der Waals surface area contributed by atoms with Crippen molar-refractivity contribution in [3.05, 3.63) is 65.7 Å². The van der Waals surface area contributed by atoms with E-state index in [2.05, 4.69) is 167 Å². The Morgan fingerprint density at radius 1 is 0.434 bits per heavy atom. The maximum absolute atomic E-state index is 14.7. The van der Waals surface area contributed by atoms with Gasteiger partial charge in [0.25, 0.3) is 0 Å². The van der Waals surface area contributed by atoms with Crippen LogP contribution in [-0.2, 0) is 49.9 Å². The van der Waals surface area contributed by atoms with Crippen LogP contribution in [0.25, 0.3) is 0 Å². The van der Waals surface area contributed by atoms with E-state index in [1.165, 1.54) is 5.56 Å². The van der Waals surface area contributed by atoms with Crippen molar-refractivity contribution in [3.63, 3.8) is 0 Å². The highest BCUT2D eigenvalue weighted by molar-refractivity contribution is 6.74. The molecule has 11 atom stereocenters. The van der Waals surface area contributed by atoms with E-state index >= 15 is 0 Å². The van der Waals surface area contributed by atoms with Gasteiger partial charge in [0.1, 0.15) is 11.5 Å². The van der Waals surface area contributed by atoms with E-state index in [1.807, 2.05) is 12.1 Å². The maximum atomic E-state index is 14.7. The largest absolute Gasteiger partial charge is 0.497 e. The number of hydrogen-bond donors (Lipinski definition) is 0. The monoisotopic (exact) mass is 1130 g/mol. The molecule has 0 aromatic heterocycles. The van der Waals surface area contributed by atoms with Gasteiger partial charge < -0.3 is 36.7 Å². The number of hydrogen-bond acceptors (Lipinski definition) is 9. The van der Waals surface area contributed by atoms with Gasteiger partial charge in [-0.25, -0.2) is 0 Å². The van der Waals surface area contributed by atoms with Crippen LogP contribution in [0.4, 0.5) is 0 Å². The number of ether oxygens (including phenoxy) is 4. The van der Waals surface area contributed by atoms with E-state index in [-0.39, 0.29) is 71.8 Å². The first-order valence-corrected chi connectivity index (χ1v) is 41.0. The van der Waals surface area contributed by atoms with Crippen LogP contribution in [0.2, 0.25) is 72.5 Å². The van der Waals surface area contributed by atoms with Crippen molar-refractivity contribution < 1.29 is 41.4 Å². The Morgan fingerprint density at radius 3 is 1.13 bits per heavy atom. The lowest BCUT2D eigenvalue weighted by Crippen LogP contribution is -2.53. The van der Waals surface area contributed by atoms with Gasteiger partial charge in [0.15, 0.2) is 33.3 Å². The van der Waals surface area contributed by atoms with Crippen molar-refractivity contribution >= 4 is 39.1 Å². The van der Waals surface area contributed by atoms with Gasteiger partial charge in [-0.1, -0.05) is 167 Å². The van der Waals surface area contributed by atoms with Crippen molar-refractivity contribution in [1.82, 2.24) is 0 Å². The van der Waals surface area contributed by atoms with Crippen molar-refractivity contribution in [2.45, 2.75) is 260 Å². The summed E-state index contributed by atoms with van der Waals surface area (Å²) in [7, 11) is -4.83. The molecule has 440 valence electrons. The number of Topliss-reactive ketones (excluding diaryl/α,β-unsaturated/α-hetero) is 1. The molecule has 0 aliphatic carbocycles. The van der Waals surface area contributed by atoms with Crippen LogP contribution in [0.15, 0.2) is 54.6 Å². The molecule has 0 saturated carbocycles. The zero-order chi connectivity index (χ0) is 57.1. The molecule has 2 rings (SSSR count). The van der Waals surface area contributed by atoms with E-state index in [4.69, 9.17) is 36.7 Å². The van der Waals surface area contributed by atoms with Gasteiger partial charge in [-0.2, -0.15) is 0 Å². The molecule has 9 nitrogen and oxygen atoms in total. The summed E-state index contributed by atoms with van der Waals surface area (Å²) in [4.78, 5) is 14.7. The van der Waals surface area contributed by atoms with Gasteiger partial charge in [0.2, 0.25) is 0 Å². The molecular weight excluding hydrogens is 1010 g/mol. The number of carbonyl (C=O) groups excluding carboxylic acids is 1. The summed E-state index contributed by atoms with van der Waals surface area (Å²) in [6.07, 6.45) is 0.935. The van der Waals surface area contributed by atoms with Crippen LogP contribution in [0.1, 0.15) is 155 Å². The lowest BCUT2D eigenvalue weighted by molar-refractivity contribution is -0.124. The molecule has 0 aliphatic rings. The van der Waals surface area contributed by atoms with Crippen LogP contribution in [0, 0.1) is 35.5 Å². The van der Waals surface area contributed by atoms with Gasteiger partial charge in [0.05, 0.1) is 64.1 Å². The first kappa shape index (κ1) is 70.6. The van der Waals surface area contributed by atoms with Crippen LogP contribution < -0.4 is 4.74 Å². The van der Waals surface area contributed by atoms with Gasteiger partial charge in [0, 0.05) is 49.5 Å². The normalized spacial score (nSPS) is 17.3. The minimum Gasteiger partial charge on any atom is -0.497 e. The highest BCUT2D eigenvalue weighted by atomic mass is 28.4. The van der Waals surface area contributed by atoms with Gasteiger partial charge in [-0.05, 0) is 108 Å². The van der Waals surface area contributed by atoms with E-state index in [0.717, 1.165) is 90.3 Å². The Kier molecular flexibility index (Phi) is 33.5. The van der Waals surface area contributed by atoms with Crippen molar-refractivity contribution in [1.29, 1.82) is 0 Å². The highest BCUT2D eigenvalue weighted by Crippen LogP contribution is 2.40. The quantitative estimate of drug-likeness (QED) is 0.0602. The molecule has 76 heavy (non-hydrogen) atoms. The average molecular weight is 1130 g/mol. The summed E-state index contributed by atoms with van der Waals surface area (Å²) in [5, 5.41) is 0. The zero-order valence-electron chi connectivity index (χ0n) is 52.7. The Balaban J connectivity index is 2.55. The Hall–Kier alpha value is -1.50. The smallest absolute Gasteiger partial charge is 0.192 e. The average Bonchev–Trinajstić information content (AvgIpc) is 3.46. The summed E-state index contributed by atoms with van der Waals surface area (Å²) in [5.41, 5.74) is 2.30. The first-order valence-electron chi connectivity index (χ1n) is 30.8. The summed E-state index contributed by atoms with van der Waals surface area (Å²) in [6.45, 7) is 44.1. The second-order valence-electron chi connectivity index (χ2n) is 23.2. The number of carbonyl (C=O) groups is 1. The fraction of sp³-hybridized carbons (Fsp3) is 0.794. The van der Waals surface area contributed by atoms with Crippen LogP contribution >= 0.6 is 0 Å². The topological polar surface area (TPSA) is 90.9 Å². The molecule has 13 heteroatoms. The van der Waals surface area contributed by atoms with E-state index < -0.39 is 33.3 Å². The van der Waals surface area contributed by atoms with E-state index in [9.17, 15) is 4.79 Å². The van der Waals surface area contributed by atoms with Gasteiger partial charge in [-0.3, -0.25) is 4.79 Å². The standard InChI is InChI=1S/C63H118O9Si4/c1-21-73(22-2,23-3)69-60(53(17)61(70-74(24-4,25-5)26-6)50(14)45-68-48-56-39-42-58(65-19)43-40-56)49(13)38-41-57(64)44-59(66-20)52(16)63(72-76(30-10,31-11)32-12)54(18)62(71-75(27-7,28-8)29-9)51(15)46-67-47-55-36-34-33-35-37-55/h33-37,39-40,42-43,49-54,59-63H,21-32,38,41,44-48H2,1-20H3. The summed E-state index contributed by atoms with van der Waals surface area (Å²) in [5.74, 6) is 1.60. The molecule has 0 spiro atoms. The maximum Gasteiger partial charge on any atom is 0.192 e. The lowest BCUT2D eigenvalue weighted by Gasteiger charge is -2.46. The molecule has 0 bridgehead atoms.